The van der Waals surface area contributed by atoms with Crippen molar-refractivity contribution in [3.8, 4) is 0 Å². The monoisotopic (exact) mass is 287 g/mol. The molecule has 1 atom stereocenters. The fourth-order valence-electron chi connectivity index (χ4n) is 2.57. The van der Waals surface area contributed by atoms with Crippen molar-refractivity contribution in [2.75, 3.05) is 13.6 Å². The van der Waals surface area contributed by atoms with E-state index in [0.29, 0.717) is 5.92 Å². The summed E-state index contributed by atoms with van der Waals surface area (Å²) in [6.07, 6.45) is 1.05. The molecule has 0 heterocycles. The molecule has 0 aromatic heterocycles. The summed E-state index contributed by atoms with van der Waals surface area (Å²) in [6, 6.07) is 14.9. The van der Waals surface area contributed by atoms with E-state index < -0.39 is 0 Å². The number of likely N-dealkylation sites (N-methyl/N-ethyl adjacent to an activating group) is 1. The van der Waals surface area contributed by atoms with Crippen molar-refractivity contribution in [3.63, 3.8) is 0 Å². The predicted molar refractivity (Wildman–Crippen MR) is 87.7 cm³/mol. The summed E-state index contributed by atoms with van der Waals surface area (Å²) in [7, 11) is 2.01. The molecule has 2 aromatic carbocycles. The van der Waals surface area contributed by atoms with E-state index in [-0.39, 0.29) is 0 Å². The number of benzene rings is 2. The highest BCUT2D eigenvalue weighted by Crippen LogP contribution is 2.24. The molecule has 0 fully saturated rings. The van der Waals surface area contributed by atoms with Crippen molar-refractivity contribution in [2.24, 2.45) is 0 Å². The van der Waals surface area contributed by atoms with Gasteiger partial charge in [0.2, 0.25) is 0 Å². The average Bonchev–Trinajstić information content (AvgIpc) is 2.43. The van der Waals surface area contributed by atoms with Crippen LogP contribution in [0, 0.1) is 13.8 Å². The lowest BCUT2D eigenvalue weighted by molar-refractivity contribution is 0.624. The third-order valence-corrected chi connectivity index (χ3v) is 4.01. The van der Waals surface area contributed by atoms with Crippen LogP contribution in [0.2, 0.25) is 5.02 Å². The summed E-state index contributed by atoms with van der Waals surface area (Å²) < 4.78 is 0. The summed E-state index contributed by atoms with van der Waals surface area (Å²) in [5.41, 5.74) is 5.46. The Balaban J connectivity index is 2.25. The molecule has 0 aliphatic carbocycles. The van der Waals surface area contributed by atoms with Crippen LogP contribution in [0.5, 0.6) is 0 Å². The molecule has 2 heteroatoms. The average molecular weight is 288 g/mol. The molecule has 20 heavy (non-hydrogen) atoms. The Morgan fingerprint density at radius 1 is 1.05 bits per heavy atom. The molecule has 0 radical (unpaired) electrons. The van der Waals surface area contributed by atoms with Gasteiger partial charge in [0.05, 0.1) is 0 Å². The van der Waals surface area contributed by atoms with E-state index in [0.717, 1.165) is 18.0 Å². The van der Waals surface area contributed by atoms with Crippen molar-refractivity contribution >= 4 is 11.6 Å². The zero-order chi connectivity index (χ0) is 14.5. The van der Waals surface area contributed by atoms with Gasteiger partial charge in [-0.25, -0.2) is 0 Å². The van der Waals surface area contributed by atoms with Gasteiger partial charge >= 0.3 is 0 Å². The summed E-state index contributed by atoms with van der Waals surface area (Å²) in [5, 5.41) is 4.10. The first-order valence-corrected chi connectivity index (χ1v) is 7.44. The van der Waals surface area contributed by atoms with Crippen LogP contribution in [0.25, 0.3) is 0 Å². The molecule has 1 N–H and O–H groups in total. The smallest absolute Gasteiger partial charge is 0.0406 e. The maximum atomic E-state index is 5.98. The van der Waals surface area contributed by atoms with Gasteiger partial charge in [-0.05, 0) is 56.1 Å². The van der Waals surface area contributed by atoms with E-state index in [1.54, 1.807) is 0 Å². The number of rotatable bonds is 5. The molecule has 0 saturated heterocycles. The Bertz CT molecular complexity index is 560. The second kappa shape index (κ2) is 6.92. The lowest BCUT2D eigenvalue weighted by Crippen LogP contribution is -2.19. The van der Waals surface area contributed by atoms with E-state index in [9.17, 15) is 0 Å². The molecule has 0 bridgehead atoms. The number of aryl methyl sites for hydroxylation is 2. The summed E-state index contributed by atoms with van der Waals surface area (Å²) in [5.74, 6) is 0.470. The number of halogens is 1. The number of hydrogen-bond donors (Lipinski definition) is 1. The first kappa shape index (κ1) is 15.1. The Labute approximate surface area is 127 Å². The van der Waals surface area contributed by atoms with Crippen LogP contribution in [0.3, 0.4) is 0 Å². The van der Waals surface area contributed by atoms with E-state index in [2.05, 4.69) is 49.5 Å². The molecule has 2 aromatic rings. The van der Waals surface area contributed by atoms with Crippen LogP contribution in [-0.2, 0) is 6.42 Å². The van der Waals surface area contributed by atoms with E-state index >= 15 is 0 Å². The molecule has 1 unspecified atom stereocenters. The van der Waals surface area contributed by atoms with Crippen LogP contribution < -0.4 is 5.32 Å². The highest BCUT2D eigenvalue weighted by Gasteiger charge is 2.13. The molecule has 1 nitrogen and oxygen atoms in total. The van der Waals surface area contributed by atoms with Crippen LogP contribution in [0.15, 0.2) is 42.5 Å². The Morgan fingerprint density at radius 3 is 2.40 bits per heavy atom. The summed E-state index contributed by atoms with van der Waals surface area (Å²) in [6.45, 7) is 5.31. The molecule has 2 rings (SSSR count). The minimum absolute atomic E-state index is 0.470. The van der Waals surface area contributed by atoms with Crippen molar-refractivity contribution < 1.29 is 0 Å². The second-order valence-corrected chi connectivity index (χ2v) is 5.88. The van der Waals surface area contributed by atoms with Gasteiger partial charge in [-0.15, -0.1) is 0 Å². The molecule has 0 amide bonds. The van der Waals surface area contributed by atoms with E-state index in [1.165, 1.54) is 22.3 Å². The Kier molecular flexibility index (Phi) is 5.22. The third kappa shape index (κ3) is 3.84. The van der Waals surface area contributed by atoms with Gasteiger partial charge in [-0.3, -0.25) is 0 Å². The number of hydrogen-bond acceptors (Lipinski definition) is 1. The van der Waals surface area contributed by atoms with Gasteiger partial charge in [0.25, 0.3) is 0 Å². The largest absolute Gasteiger partial charge is 0.319 e. The van der Waals surface area contributed by atoms with Crippen LogP contribution in [0.1, 0.15) is 28.2 Å². The van der Waals surface area contributed by atoms with Gasteiger partial charge in [-0.1, -0.05) is 47.5 Å². The van der Waals surface area contributed by atoms with Crippen LogP contribution >= 0.6 is 11.6 Å². The summed E-state index contributed by atoms with van der Waals surface area (Å²) in [4.78, 5) is 0. The lowest BCUT2D eigenvalue weighted by Gasteiger charge is -2.19. The first-order valence-electron chi connectivity index (χ1n) is 7.06. The minimum Gasteiger partial charge on any atom is -0.319 e. The quantitative estimate of drug-likeness (QED) is 0.853. The maximum Gasteiger partial charge on any atom is 0.0406 e. The van der Waals surface area contributed by atoms with Gasteiger partial charge in [-0.2, -0.15) is 0 Å². The van der Waals surface area contributed by atoms with Gasteiger partial charge in [0.15, 0.2) is 0 Å². The molecule has 0 spiro atoms. The first-order chi connectivity index (χ1) is 9.60. The lowest BCUT2D eigenvalue weighted by atomic mass is 9.89. The zero-order valence-corrected chi connectivity index (χ0v) is 13.2. The van der Waals surface area contributed by atoms with Crippen molar-refractivity contribution in [1.82, 2.24) is 5.32 Å². The van der Waals surface area contributed by atoms with Crippen molar-refractivity contribution in [3.05, 3.63) is 69.7 Å². The number of nitrogens with one attached hydrogen (secondary N) is 1. The van der Waals surface area contributed by atoms with Crippen molar-refractivity contribution in [2.45, 2.75) is 26.2 Å². The molecule has 106 valence electrons. The molecule has 0 aliphatic heterocycles. The van der Waals surface area contributed by atoms with E-state index in [4.69, 9.17) is 11.6 Å². The topological polar surface area (TPSA) is 12.0 Å². The highest BCUT2D eigenvalue weighted by atomic mass is 35.5. The normalized spacial score (nSPS) is 12.4. The van der Waals surface area contributed by atoms with Gasteiger partial charge in [0.1, 0.15) is 0 Å². The molecule has 0 aliphatic rings. The SMILES string of the molecule is CNCC(Cc1cc(C)ccc1C)c1ccc(Cl)cc1. The fraction of sp³-hybridized carbons (Fsp3) is 0.333. The Morgan fingerprint density at radius 2 is 1.75 bits per heavy atom. The van der Waals surface area contributed by atoms with Crippen molar-refractivity contribution in [1.29, 1.82) is 0 Å². The van der Waals surface area contributed by atoms with E-state index in [1.807, 2.05) is 19.2 Å². The minimum atomic E-state index is 0.470. The highest BCUT2D eigenvalue weighted by molar-refractivity contribution is 6.30. The van der Waals surface area contributed by atoms with Crippen LogP contribution in [0.4, 0.5) is 0 Å². The zero-order valence-electron chi connectivity index (χ0n) is 12.4. The van der Waals surface area contributed by atoms with Crippen LogP contribution in [-0.4, -0.2) is 13.6 Å². The summed E-state index contributed by atoms with van der Waals surface area (Å²) >= 11 is 5.98. The predicted octanol–water partition coefficient (Wildman–Crippen LogP) is 4.50. The fourth-order valence-corrected chi connectivity index (χ4v) is 2.70. The standard InChI is InChI=1S/C18H22ClN/c1-13-4-5-14(2)16(10-13)11-17(12-20-3)15-6-8-18(19)9-7-15/h4-10,17,20H,11-12H2,1-3H3. The Hall–Kier alpha value is -1.31. The third-order valence-electron chi connectivity index (χ3n) is 3.76. The molecular formula is C18H22ClN. The maximum absolute atomic E-state index is 5.98. The second-order valence-electron chi connectivity index (χ2n) is 5.44. The molecule has 0 saturated carbocycles. The van der Waals surface area contributed by atoms with Gasteiger partial charge in [0, 0.05) is 17.5 Å². The molecular weight excluding hydrogens is 266 g/mol. The van der Waals surface area contributed by atoms with Gasteiger partial charge < -0.3 is 5.32 Å².